The molecule has 0 atom stereocenters. The molecule has 2 heterocycles. The fourth-order valence-corrected chi connectivity index (χ4v) is 2.09. The molecule has 1 aliphatic rings. The summed E-state index contributed by atoms with van der Waals surface area (Å²) in [7, 11) is 1.77. The number of pyridine rings is 1. The van der Waals surface area contributed by atoms with Crippen molar-refractivity contribution in [2.75, 3.05) is 44.7 Å². The third-order valence-corrected chi connectivity index (χ3v) is 3.16. The molecule has 1 fully saturated rings. The number of hydrogen-bond acceptors (Lipinski definition) is 5. The zero-order valence-corrected chi connectivity index (χ0v) is 11.0. The first-order valence-electron chi connectivity index (χ1n) is 6.28. The molecule has 100 valence electrons. The maximum Gasteiger partial charge on any atom is 0.236 e. The van der Waals surface area contributed by atoms with E-state index < -0.39 is 0 Å². The minimum absolute atomic E-state index is 0.134. The first-order valence-corrected chi connectivity index (χ1v) is 6.28. The van der Waals surface area contributed by atoms with Crippen LogP contribution in [-0.2, 0) is 4.79 Å². The molecule has 1 amide bonds. The second kappa shape index (κ2) is 6.16. The van der Waals surface area contributed by atoms with Gasteiger partial charge in [-0.05, 0) is 19.2 Å². The van der Waals surface area contributed by atoms with E-state index in [4.69, 9.17) is 5.26 Å². The lowest BCUT2D eigenvalue weighted by molar-refractivity contribution is -0.130. The number of amides is 1. The quantitative estimate of drug-likeness (QED) is 0.815. The molecule has 0 spiro atoms. The van der Waals surface area contributed by atoms with Crippen molar-refractivity contribution in [1.82, 2.24) is 15.2 Å². The number of piperazine rings is 1. The van der Waals surface area contributed by atoms with Crippen LogP contribution < -0.4 is 10.2 Å². The van der Waals surface area contributed by atoms with E-state index in [-0.39, 0.29) is 5.91 Å². The SMILES string of the molecule is CNCC(=O)N1CCN(c2ccc(C#N)cn2)CC1. The molecular weight excluding hydrogens is 242 g/mol. The lowest BCUT2D eigenvalue weighted by atomic mass is 10.2. The lowest BCUT2D eigenvalue weighted by Crippen LogP contribution is -2.50. The van der Waals surface area contributed by atoms with E-state index >= 15 is 0 Å². The second-order valence-electron chi connectivity index (χ2n) is 4.42. The highest BCUT2D eigenvalue weighted by molar-refractivity contribution is 5.78. The van der Waals surface area contributed by atoms with E-state index in [1.165, 1.54) is 0 Å². The van der Waals surface area contributed by atoms with Crippen LogP contribution in [0.4, 0.5) is 5.82 Å². The number of nitrogens with zero attached hydrogens (tertiary/aromatic N) is 4. The molecule has 2 rings (SSSR count). The molecule has 0 radical (unpaired) electrons. The molecule has 6 nitrogen and oxygen atoms in total. The van der Waals surface area contributed by atoms with Crippen LogP contribution in [-0.4, -0.2) is 55.6 Å². The zero-order valence-electron chi connectivity index (χ0n) is 11.0. The Balaban J connectivity index is 1.92. The lowest BCUT2D eigenvalue weighted by Gasteiger charge is -2.35. The standard InChI is InChI=1S/C13H17N5O/c1-15-10-13(19)18-6-4-17(5-7-18)12-3-2-11(8-14)9-16-12/h2-3,9,15H,4-7,10H2,1H3. The Morgan fingerprint density at radius 1 is 1.42 bits per heavy atom. The van der Waals surface area contributed by atoms with Crippen molar-refractivity contribution in [3.8, 4) is 6.07 Å². The average Bonchev–Trinajstić information content (AvgIpc) is 2.48. The Kier molecular flexibility index (Phi) is 4.31. The third-order valence-electron chi connectivity index (χ3n) is 3.16. The minimum atomic E-state index is 0.134. The topological polar surface area (TPSA) is 72.3 Å². The Bertz CT molecular complexity index is 471. The second-order valence-corrected chi connectivity index (χ2v) is 4.42. The molecule has 1 aromatic rings. The van der Waals surface area contributed by atoms with Gasteiger partial charge in [-0.25, -0.2) is 4.98 Å². The number of rotatable bonds is 3. The summed E-state index contributed by atoms with van der Waals surface area (Å²) in [4.78, 5) is 20.0. The van der Waals surface area contributed by atoms with Crippen molar-refractivity contribution in [3.63, 3.8) is 0 Å². The Hall–Kier alpha value is -2.13. The van der Waals surface area contributed by atoms with Gasteiger partial charge in [0.05, 0.1) is 12.1 Å². The van der Waals surface area contributed by atoms with Gasteiger partial charge in [0.25, 0.3) is 0 Å². The van der Waals surface area contributed by atoms with Gasteiger partial charge in [0, 0.05) is 32.4 Å². The van der Waals surface area contributed by atoms with Crippen LogP contribution in [0, 0.1) is 11.3 Å². The molecule has 0 bridgehead atoms. The highest BCUT2D eigenvalue weighted by Gasteiger charge is 2.21. The monoisotopic (exact) mass is 259 g/mol. The first-order chi connectivity index (χ1) is 9.24. The number of likely N-dealkylation sites (N-methyl/N-ethyl adjacent to an activating group) is 1. The van der Waals surface area contributed by atoms with E-state index in [0.717, 1.165) is 18.9 Å². The molecule has 0 aliphatic carbocycles. The Morgan fingerprint density at radius 2 is 2.16 bits per heavy atom. The van der Waals surface area contributed by atoms with Gasteiger partial charge in [0.2, 0.25) is 5.91 Å². The summed E-state index contributed by atoms with van der Waals surface area (Å²) in [6.45, 7) is 3.35. The first kappa shape index (κ1) is 13.3. The van der Waals surface area contributed by atoms with E-state index in [9.17, 15) is 4.79 Å². The summed E-state index contributed by atoms with van der Waals surface area (Å²) in [5.74, 6) is 0.995. The van der Waals surface area contributed by atoms with E-state index in [2.05, 4.69) is 21.3 Å². The number of hydrogen-bond donors (Lipinski definition) is 1. The van der Waals surface area contributed by atoms with Crippen LogP contribution in [0.2, 0.25) is 0 Å². The molecule has 0 aromatic carbocycles. The summed E-state index contributed by atoms with van der Waals surface area (Å²) in [6, 6.07) is 5.67. The van der Waals surface area contributed by atoms with Crippen molar-refractivity contribution in [1.29, 1.82) is 5.26 Å². The van der Waals surface area contributed by atoms with Gasteiger partial charge in [-0.2, -0.15) is 5.26 Å². The molecule has 1 aliphatic heterocycles. The van der Waals surface area contributed by atoms with Crippen molar-refractivity contribution < 1.29 is 4.79 Å². The molecule has 1 saturated heterocycles. The maximum atomic E-state index is 11.7. The van der Waals surface area contributed by atoms with Crippen molar-refractivity contribution in [2.45, 2.75) is 0 Å². The highest BCUT2D eigenvalue weighted by atomic mass is 16.2. The molecule has 1 aromatic heterocycles. The van der Waals surface area contributed by atoms with Crippen LogP contribution in [0.5, 0.6) is 0 Å². The van der Waals surface area contributed by atoms with Crippen LogP contribution in [0.25, 0.3) is 0 Å². The largest absolute Gasteiger partial charge is 0.353 e. The predicted molar refractivity (Wildman–Crippen MR) is 71.7 cm³/mol. The van der Waals surface area contributed by atoms with Crippen LogP contribution >= 0.6 is 0 Å². The van der Waals surface area contributed by atoms with Gasteiger partial charge in [0.1, 0.15) is 11.9 Å². The number of aromatic nitrogens is 1. The predicted octanol–water partition coefficient (Wildman–Crippen LogP) is -0.179. The van der Waals surface area contributed by atoms with E-state index in [1.807, 2.05) is 11.0 Å². The fourth-order valence-electron chi connectivity index (χ4n) is 2.09. The normalized spacial score (nSPS) is 15.2. The van der Waals surface area contributed by atoms with Crippen LogP contribution in [0.3, 0.4) is 0 Å². The summed E-state index contributed by atoms with van der Waals surface area (Å²) in [5.41, 5.74) is 0.562. The van der Waals surface area contributed by atoms with Crippen molar-refractivity contribution in [2.24, 2.45) is 0 Å². The molecule has 6 heteroatoms. The smallest absolute Gasteiger partial charge is 0.236 e. The van der Waals surface area contributed by atoms with E-state index in [0.29, 0.717) is 25.2 Å². The summed E-state index contributed by atoms with van der Waals surface area (Å²) < 4.78 is 0. The molecular formula is C13H17N5O. The van der Waals surface area contributed by atoms with Gasteiger partial charge >= 0.3 is 0 Å². The minimum Gasteiger partial charge on any atom is -0.353 e. The van der Waals surface area contributed by atoms with Crippen molar-refractivity contribution >= 4 is 11.7 Å². The zero-order chi connectivity index (χ0) is 13.7. The molecule has 0 saturated carbocycles. The van der Waals surface area contributed by atoms with Gasteiger partial charge in [-0.3, -0.25) is 4.79 Å². The Labute approximate surface area is 112 Å². The number of carbonyl (C=O) groups is 1. The maximum absolute atomic E-state index is 11.7. The van der Waals surface area contributed by atoms with Crippen LogP contribution in [0.1, 0.15) is 5.56 Å². The molecule has 0 unspecified atom stereocenters. The third kappa shape index (κ3) is 3.20. The molecule has 1 N–H and O–H groups in total. The number of nitriles is 1. The van der Waals surface area contributed by atoms with Gasteiger partial charge in [0.15, 0.2) is 0 Å². The number of anilines is 1. The highest BCUT2D eigenvalue weighted by Crippen LogP contribution is 2.13. The van der Waals surface area contributed by atoms with Gasteiger partial charge < -0.3 is 15.1 Å². The fraction of sp³-hybridized carbons (Fsp3) is 0.462. The van der Waals surface area contributed by atoms with Crippen molar-refractivity contribution in [3.05, 3.63) is 23.9 Å². The summed E-state index contributed by atoms with van der Waals surface area (Å²) in [6.07, 6.45) is 1.58. The van der Waals surface area contributed by atoms with Gasteiger partial charge in [-0.15, -0.1) is 0 Å². The Morgan fingerprint density at radius 3 is 2.68 bits per heavy atom. The average molecular weight is 259 g/mol. The molecule has 19 heavy (non-hydrogen) atoms. The number of carbonyl (C=O) groups excluding carboxylic acids is 1. The summed E-state index contributed by atoms with van der Waals surface area (Å²) >= 11 is 0. The van der Waals surface area contributed by atoms with Crippen LogP contribution in [0.15, 0.2) is 18.3 Å². The number of nitrogens with one attached hydrogen (secondary N) is 1. The summed E-state index contributed by atoms with van der Waals surface area (Å²) in [5, 5.41) is 11.6. The van der Waals surface area contributed by atoms with E-state index in [1.54, 1.807) is 19.3 Å². The van der Waals surface area contributed by atoms with Gasteiger partial charge in [-0.1, -0.05) is 0 Å².